The van der Waals surface area contributed by atoms with Gasteiger partial charge in [-0.05, 0) is 29.8 Å². The van der Waals surface area contributed by atoms with Gasteiger partial charge < -0.3 is 14.4 Å². The van der Waals surface area contributed by atoms with Crippen molar-refractivity contribution in [2.75, 3.05) is 32.9 Å². The highest BCUT2D eigenvalue weighted by atomic mass is 19.4. The number of ether oxygens (including phenoxy) is 2. The van der Waals surface area contributed by atoms with Gasteiger partial charge in [0.15, 0.2) is 6.61 Å². The Hall–Kier alpha value is -2.61. The van der Waals surface area contributed by atoms with Crippen LogP contribution in [0.4, 0.5) is 13.2 Å². The van der Waals surface area contributed by atoms with E-state index in [0.717, 1.165) is 12.1 Å². The molecule has 1 saturated heterocycles. The van der Waals surface area contributed by atoms with Gasteiger partial charge in [-0.1, -0.05) is 6.07 Å². The molecule has 2 heterocycles. The molecule has 1 fully saturated rings. The van der Waals surface area contributed by atoms with Crippen LogP contribution in [0.1, 0.15) is 5.56 Å². The minimum Gasteiger partial charge on any atom is -0.484 e. The number of hydrogen-bond donors (Lipinski definition) is 0. The Morgan fingerprint density at radius 1 is 1.19 bits per heavy atom. The number of pyridine rings is 1. The smallest absolute Gasteiger partial charge is 0.416 e. The van der Waals surface area contributed by atoms with Gasteiger partial charge >= 0.3 is 6.18 Å². The van der Waals surface area contributed by atoms with Crippen molar-refractivity contribution in [3.63, 3.8) is 0 Å². The molecule has 0 bridgehead atoms. The summed E-state index contributed by atoms with van der Waals surface area (Å²) in [5, 5.41) is 0. The van der Waals surface area contributed by atoms with Crippen molar-refractivity contribution in [1.29, 1.82) is 0 Å². The van der Waals surface area contributed by atoms with Gasteiger partial charge in [0.25, 0.3) is 5.91 Å². The summed E-state index contributed by atoms with van der Waals surface area (Å²) < 4.78 is 50.1. The van der Waals surface area contributed by atoms with Crippen LogP contribution in [0.15, 0.2) is 42.7 Å². The van der Waals surface area contributed by atoms with E-state index in [1.54, 1.807) is 17.0 Å². The molecule has 0 atom stereocenters. The van der Waals surface area contributed by atoms with Crippen LogP contribution in [0.25, 0.3) is 11.1 Å². The van der Waals surface area contributed by atoms with Crippen LogP contribution in [0.3, 0.4) is 0 Å². The molecule has 1 aliphatic heterocycles. The first kappa shape index (κ1) is 18.2. The molecule has 0 N–H and O–H groups in total. The number of rotatable bonds is 4. The molecule has 3 rings (SSSR count). The number of morpholine rings is 1. The summed E-state index contributed by atoms with van der Waals surface area (Å²) in [5.41, 5.74) is 0.0115. The lowest BCUT2D eigenvalue weighted by Crippen LogP contribution is -2.42. The van der Waals surface area contributed by atoms with E-state index in [9.17, 15) is 18.0 Å². The summed E-state index contributed by atoms with van der Waals surface area (Å²) in [4.78, 5) is 17.6. The summed E-state index contributed by atoms with van der Waals surface area (Å²) in [6, 6.07) is 6.70. The van der Waals surface area contributed by atoms with Crippen LogP contribution in [-0.2, 0) is 15.7 Å². The lowest BCUT2D eigenvalue weighted by molar-refractivity contribution is -0.137. The van der Waals surface area contributed by atoms with E-state index in [2.05, 4.69) is 4.98 Å². The van der Waals surface area contributed by atoms with Gasteiger partial charge in [0.2, 0.25) is 0 Å². The lowest BCUT2D eigenvalue weighted by Gasteiger charge is -2.26. The number of hydrogen-bond acceptors (Lipinski definition) is 4. The van der Waals surface area contributed by atoms with Crippen LogP contribution in [-0.4, -0.2) is 48.7 Å². The molecule has 8 heteroatoms. The molecule has 1 aromatic heterocycles. The standard InChI is InChI=1S/C18H17F3N2O3/c19-18(20,21)15-8-14(13-2-1-3-22-11-13)9-16(10-15)26-12-17(24)23-4-6-25-7-5-23/h1-3,8-11H,4-7,12H2. The Morgan fingerprint density at radius 3 is 2.62 bits per heavy atom. The third kappa shape index (κ3) is 4.51. The zero-order chi connectivity index (χ0) is 18.6. The van der Waals surface area contributed by atoms with E-state index in [0.29, 0.717) is 37.4 Å². The maximum absolute atomic E-state index is 13.2. The minimum atomic E-state index is -4.52. The first-order chi connectivity index (χ1) is 12.4. The number of nitrogens with zero attached hydrogens (tertiary/aromatic N) is 2. The summed E-state index contributed by atoms with van der Waals surface area (Å²) >= 11 is 0. The maximum Gasteiger partial charge on any atom is 0.416 e. The summed E-state index contributed by atoms with van der Waals surface area (Å²) in [6.45, 7) is 1.46. The summed E-state index contributed by atoms with van der Waals surface area (Å²) in [7, 11) is 0. The molecule has 1 aromatic carbocycles. The van der Waals surface area contributed by atoms with Gasteiger partial charge in [-0.2, -0.15) is 13.2 Å². The van der Waals surface area contributed by atoms with Crippen molar-refractivity contribution in [3.8, 4) is 16.9 Å². The molecule has 0 saturated carbocycles. The molecule has 1 aliphatic rings. The Morgan fingerprint density at radius 2 is 1.96 bits per heavy atom. The predicted molar refractivity (Wildman–Crippen MR) is 87.6 cm³/mol. The van der Waals surface area contributed by atoms with Crippen LogP contribution in [0, 0.1) is 0 Å². The third-order valence-corrected chi connectivity index (χ3v) is 3.95. The highest BCUT2D eigenvalue weighted by molar-refractivity contribution is 5.78. The van der Waals surface area contributed by atoms with Crippen LogP contribution >= 0.6 is 0 Å². The minimum absolute atomic E-state index is 0.0136. The second kappa shape index (κ2) is 7.74. The van der Waals surface area contributed by atoms with E-state index in [1.165, 1.54) is 18.5 Å². The normalized spacial score (nSPS) is 15.0. The van der Waals surface area contributed by atoms with Crippen molar-refractivity contribution < 1.29 is 27.4 Å². The zero-order valence-electron chi connectivity index (χ0n) is 13.8. The molecule has 138 valence electrons. The Kier molecular flexibility index (Phi) is 5.41. The second-order valence-corrected chi connectivity index (χ2v) is 5.77. The van der Waals surface area contributed by atoms with Gasteiger partial charge in [-0.15, -0.1) is 0 Å². The fourth-order valence-corrected chi connectivity index (χ4v) is 2.60. The van der Waals surface area contributed by atoms with E-state index in [-0.39, 0.29) is 18.3 Å². The van der Waals surface area contributed by atoms with Crippen molar-refractivity contribution in [2.24, 2.45) is 0 Å². The molecule has 5 nitrogen and oxygen atoms in total. The topological polar surface area (TPSA) is 51.7 Å². The Balaban J connectivity index is 1.80. The van der Waals surface area contributed by atoms with Crippen molar-refractivity contribution in [2.45, 2.75) is 6.18 Å². The Bertz CT molecular complexity index is 760. The first-order valence-corrected chi connectivity index (χ1v) is 8.04. The monoisotopic (exact) mass is 366 g/mol. The molecule has 2 aromatic rings. The molecule has 1 amide bonds. The highest BCUT2D eigenvalue weighted by Crippen LogP contribution is 2.35. The third-order valence-electron chi connectivity index (χ3n) is 3.95. The first-order valence-electron chi connectivity index (χ1n) is 8.04. The van der Waals surface area contributed by atoms with E-state index < -0.39 is 11.7 Å². The SMILES string of the molecule is O=C(COc1cc(-c2cccnc2)cc(C(F)(F)F)c1)N1CCOCC1. The number of carbonyl (C=O) groups is 1. The molecule has 0 aliphatic carbocycles. The van der Waals surface area contributed by atoms with Crippen LogP contribution in [0.5, 0.6) is 5.75 Å². The van der Waals surface area contributed by atoms with Gasteiger partial charge in [0.05, 0.1) is 18.8 Å². The number of benzene rings is 1. The summed E-state index contributed by atoms with van der Waals surface area (Å²) in [5.74, 6) is -0.297. The number of amides is 1. The van der Waals surface area contributed by atoms with Crippen molar-refractivity contribution in [3.05, 3.63) is 48.3 Å². The average molecular weight is 366 g/mol. The fraction of sp³-hybridized carbons (Fsp3) is 0.333. The van der Waals surface area contributed by atoms with E-state index in [4.69, 9.17) is 9.47 Å². The number of alkyl halides is 3. The van der Waals surface area contributed by atoms with Gasteiger partial charge in [0.1, 0.15) is 5.75 Å². The zero-order valence-corrected chi connectivity index (χ0v) is 13.8. The van der Waals surface area contributed by atoms with Crippen molar-refractivity contribution >= 4 is 5.91 Å². The molecule has 0 unspecified atom stereocenters. The average Bonchev–Trinajstić information content (AvgIpc) is 2.66. The van der Waals surface area contributed by atoms with E-state index in [1.807, 2.05) is 0 Å². The van der Waals surface area contributed by atoms with E-state index >= 15 is 0 Å². The largest absolute Gasteiger partial charge is 0.484 e. The molecule has 0 spiro atoms. The van der Waals surface area contributed by atoms with Gasteiger partial charge in [-0.3, -0.25) is 9.78 Å². The van der Waals surface area contributed by atoms with Gasteiger partial charge in [0, 0.05) is 31.0 Å². The van der Waals surface area contributed by atoms with Crippen LogP contribution < -0.4 is 4.74 Å². The quantitative estimate of drug-likeness (QED) is 0.835. The van der Waals surface area contributed by atoms with Crippen LogP contribution in [0.2, 0.25) is 0 Å². The number of halogens is 3. The number of aromatic nitrogens is 1. The second-order valence-electron chi connectivity index (χ2n) is 5.77. The Labute approximate surface area is 148 Å². The fourth-order valence-electron chi connectivity index (χ4n) is 2.60. The molecular formula is C18H17F3N2O3. The molecule has 0 radical (unpaired) electrons. The van der Waals surface area contributed by atoms with Gasteiger partial charge in [-0.25, -0.2) is 0 Å². The molecular weight excluding hydrogens is 349 g/mol. The van der Waals surface area contributed by atoms with Crippen molar-refractivity contribution in [1.82, 2.24) is 9.88 Å². The maximum atomic E-state index is 13.2. The predicted octanol–water partition coefficient (Wildman–Crippen LogP) is 3.01. The highest BCUT2D eigenvalue weighted by Gasteiger charge is 2.31. The summed E-state index contributed by atoms with van der Waals surface area (Å²) in [6.07, 6.45) is -1.52. The lowest BCUT2D eigenvalue weighted by atomic mass is 10.0. The number of carbonyl (C=O) groups excluding carboxylic acids is 1. The molecule has 26 heavy (non-hydrogen) atoms.